The number of hydrogen-bond donors (Lipinski definition) is 1. The Balaban J connectivity index is 1.98. The third-order valence-corrected chi connectivity index (χ3v) is 5.29. The summed E-state index contributed by atoms with van der Waals surface area (Å²) in [5.41, 5.74) is 0. The van der Waals surface area contributed by atoms with Gasteiger partial charge in [-0.15, -0.1) is 0 Å². The van der Waals surface area contributed by atoms with E-state index >= 15 is 0 Å². The first-order chi connectivity index (χ1) is 7.72. The molecule has 0 spiro atoms. The second-order valence-corrected chi connectivity index (χ2v) is 6.68. The average molecular weight is 242 g/mol. The molecule has 0 bridgehead atoms. The van der Waals surface area contributed by atoms with Gasteiger partial charge in [0, 0.05) is 37.0 Å². The van der Waals surface area contributed by atoms with E-state index < -0.39 is 0 Å². The molecule has 2 aliphatic rings. The summed E-state index contributed by atoms with van der Waals surface area (Å²) >= 11 is 2.14. The van der Waals surface area contributed by atoms with E-state index in [0.717, 1.165) is 18.0 Å². The average Bonchev–Trinajstić information content (AvgIpc) is 2.81. The van der Waals surface area contributed by atoms with Crippen LogP contribution in [0.15, 0.2) is 0 Å². The number of rotatable bonds is 3. The molecular weight excluding hydrogens is 216 g/mol. The Labute approximate surface area is 105 Å². The van der Waals surface area contributed by atoms with Crippen molar-refractivity contribution in [3.05, 3.63) is 0 Å². The summed E-state index contributed by atoms with van der Waals surface area (Å²) in [5, 5.41) is 3.72. The van der Waals surface area contributed by atoms with E-state index in [4.69, 9.17) is 0 Å². The highest BCUT2D eigenvalue weighted by atomic mass is 32.2. The van der Waals surface area contributed by atoms with Crippen molar-refractivity contribution in [2.24, 2.45) is 5.92 Å². The van der Waals surface area contributed by atoms with Gasteiger partial charge in [-0.2, -0.15) is 11.8 Å². The molecule has 2 rings (SSSR count). The van der Waals surface area contributed by atoms with E-state index in [9.17, 15) is 0 Å². The molecule has 2 fully saturated rings. The monoisotopic (exact) mass is 242 g/mol. The van der Waals surface area contributed by atoms with Gasteiger partial charge in [-0.1, -0.05) is 20.8 Å². The molecule has 3 atom stereocenters. The van der Waals surface area contributed by atoms with Crippen LogP contribution in [0.4, 0.5) is 0 Å². The summed E-state index contributed by atoms with van der Waals surface area (Å²) in [6.07, 6.45) is 2.70. The summed E-state index contributed by atoms with van der Waals surface area (Å²) in [6.45, 7) is 9.47. The number of hydrogen-bond acceptors (Lipinski definition) is 3. The number of thioether (sulfide) groups is 1. The standard InChI is InChI=1S/C13H26N2S/c1-4-11-7-14-13(10(2)3)8-15(11)12-5-6-16-9-12/h10-14H,4-9H2,1-3H3. The van der Waals surface area contributed by atoms with Gasteiger partial charge in [0.25, 0.3) is 0 Å². The van der Waals surface area contributed by atoms with E-state index in [1.54, 1.807) is 0 Å². The van der Waals surface area contributed by atoms with Crippen LogP contribution < -0.4 is 5.32 Å². The van der Waals surface area contributed by atoms with Crippen LogP contribution in [-0.2, 0) is 0 Å². The van der Waals surface area contributed by atoms with Crippen LogP contribution in [0.1, 0.15) is 33.6 Å². The number of nitrogens with zero attached hydrogens (tertiary/aromatic N) is 1. The van der Waals surface area contributed by atoms with Crippen LogP contribution in [0, 0.1) is 5.92 Å². The summed E-state index contributed by atoms with van der Waals surface area (Å²) in [7, 11) is 0. The van der Waals surface area contributed by atoms with Gasteiger partial charge in [-0.25, -0.2) is 0 Å². The second kappa shape index (κ2) is 5.74. The van der Waals surface area contributed by atoms with E-state index in [1.807, 2.05) is 0 Å². The van der Waals surface area contributed by atoms with Gasteiger partial charge >= 0.3 is 0 Å². The molecule has 1 N–H and O–H groups in total. The molecule has 0 aliphatic carbocycles. The smallest absolute Gasteiger partial charge is 0.0222 e. The minimum Gasteiger partial charge on any atom is -0.311 e. The van der Waals surface area contributed by atoms with Crippen molar-refractivity contribution in [1.29, 1.82) is 0 Å². The summed E-state index contributed by atoms with van der Waals surface area (Å²) in [4.78, 5) is 2.81. The fourth-order valence-electron chi connectivity index (χ4n) is 2.90. The highest BCUT2D eigenvalue weighted by Crippen LogP contribution is 2.27. The predicted molar refractivity (Wildman–Crippen MR) is 73.1 cm³/mol. The summed E-state index contributed by atoms with van der Waals surface area (Å²) in [5.74, 6) is 3.49. The molecule has 0 amide bonds. The topological polar surface area (TPSA) is 15.3 Å². The molecule has 3 heteroatoms. The Kier molecular flexibility index (Phi) is 4.57. The van der Waals surface area contributed by atoms with E-state index in [-0.39, 0.29) is 0 Å². The third kappa shape index (κ3) is 2.74. The molecule has 2 saturated heterocycles. The lowest BCUT2D eigenvalue weighted by Crippen LogP contribution is -2.60. The Hall–Kier alpha value is 0.270. The van der Waals surface area contributed by atoms with Gasteiger partial charge in [0.05, 0.1) is 0 Å². The first kappa shape index (κ1) is 12.7. The van der Waals surface area contributed by atoms with Gasteiger partial charge in [-0.05, 0) is 24.5 Å². The number of nitrogens with one attached hydrogen (secondary N) is 1. The van der Waals surface area contributed by atoms with Crippen molar-refractivity contribution in [2.45, 2.75) is 51.7 Å². The summed E-state index contributed by atoms with van der Waals surface area (Å²) in [6, 6.07) is 2.34. The van der Waals surface area contributed by atoms with E-state index in [1.165, 1.54) is 37.4 Å². The van der Waals surface area contributed by atoms with Crippen molar-refractivity contribution in [2.75, 3.05) is 24.6 Å². The molecule has 0 aromatic rings. The number of piperazine rings is 1. The van der Waals surface area contributed by atoms with Crippen molar-refractivity contribution in [3.63, 3.8) is 0 Å². The zero-order chi connectivity index (χ0) is 11.5. The van der Waals surface area contributed by atoms with Gasteiger partial charge in [0.2, 0.25) is 0 Å². The van der Waals surface area contributed by atoms with Crippen molar-refractivity contribution < 1.29 is 0 Å². The van der Waals surface area contributed by atoms with Crippen LogP contribution >= 0.6 is 11.8 Å². The molecule has 3 unspecified atom stereocenters. The summed E-state index contributed by atoms with van der Waals surface area (Å²) < 4.78 is 0. The molecule has 2 aliphatic heterocycles. The Morgan fingerprint density at radius 2 is 2.25 bits per heavy atom. The first-order valence-electron chi connectivity index (χ1n) is 6.79. The van der Waals surface area contributed by atoms with Crippen LogP contribution in [0.3, 0.4) is 0 Å². The first-order valence-corrected chi connectivity index (χ1v) is 7.94. The fraction of sp³-hybridized carbons (Fsp3) is 1.00. The van der Waals surface area contributed by atoms with Crippen LogP contribution in [-0.4, -0.2) is 47.6 Å². The van der Waals surface area contributed by atoms with E-state index in [2.05, 4.69) is 42.7 Å². The second-order valence-electron chi connectivity index (χ2n) is 5.54. The fourth-order valence-corrected chi connectivity index (χ4v) is 4.14. The van der Waals surface area contributed by atoms with Crippen LogP contribution in [0.25, 0.3) is 0 Å². The zero-order valence-corrected chi connectivity index (χ0v) is 11.7. The highest BCUT2D eigenvalue weighted by molar-refractivity contribution is 7.99. The third-order valence-electron chi connectivity index (χ3n) is 4.14. The SMILES string of the molecule is CCC1CNC(C(C)C)CN1C1CCSC1. The molecular formula is C13H26N2S. The Morgan fingerprint density at radius 1 is 1.44 bits per heavy atom. The van der Waals surface area contributed by atoms with Gasteiger partial charge in [0.15, 0.2) is 0 Å². The minimum absolute atomic E-state index is 0.702. The lowest BCUT2D eigenvalue weighted by molar-refractivity contribution is 0.0767. The minimum atomic E-state index is 0.702. The maximum atomic E-state index is 3.72. The molecule has 2 heterocycles. The molecule has 94 valence electrons. The maximum absolute atomic E-state index is 3.72. The largest absolute Gasteiger partial charge is 0.311 e. The Bertz CT molecular complexity index is 212. The predicted octanol–water partition coefficient (Wildman–Crippen LogP) is 2.20. The van der Waals surface area contributed by atoms with Crippen LogP contribution in [0.2, 0.25) is 0 Å². The van der Waals surface area contributed by atoms with Gasteiger partial charge < -0.3 is 5.32 Å². The molecule has 0 aromatic heterocycles. The quantitative estimate of drug-likeness (QED) is 0.817. The van der Waals surface area contributed by atoms with Crippen molar-refractivity contribution in [3.8, 4) is 0 Å². The molecule has 16 heavy (non-hydrogen) atoms. The van der Waals surface area contributed by atoms with Crippen molar-refractivity contribution in [1.82, 2.24) is 10.2 Å². The van der Waals surface area contributed by atoms with Gasteiger partial charge in [-0.3, -0.25) is 4.90 Å². The van der Waals surface area contributed by atoms with Crippen molar-refractivity contribution >= 4 is 11.8 Å². The lowest BCUT2D eigenvalue weighted by Gasteiger charge is -2.44. The molecule has 0 radical (unpaired) electrons. The zero-order valence-electron chi connectivity index (χ0n) is 10.9. The normalized spacial score (nSPS) is 37.1. The Morgan fingerprint density at radius 3 is 2.81 bits per heavy atom. The molecule has 0 aromatic carbocycles. The molecule has 0 saturated carbocycles. The molecule has 2 nitrogen and oxygen atoms in total. The van der Waals surface area contributed by atoms with Gasteiger partial charge in [0.1, 0.15) is 0 Å². The van der Waals surface area contributed by atoms with Crippen LogP contribution in [0.5, 0.6) is 0 Å². The van der Waals surface area contributed by atoms with E-state index in [0.29, 0.717) is 6.04 Å². The highest BCUT2D eigenvalue weighted by Gasteiger charge is 2.34. The lowest BCUT2D eigenvalue weighted by atomic mass is 9.96. The maximum Gasteiger partial charge on any atom is 0.0222 e.